The largest absolute Gasteiger partial charge is 0.416 e. The molecule has 212 valence electrons. The molecule has 10 heteroatoms. The highest BCUT2D eigenvalue weighted by Crippen LogP contribution is 2.43. The third-order valence-corrected chi connectivity index (χ3v) is 8.20. The summed E-state index contributed by atoms with van der Waals surface area (Å²) >= 11 is 0. The van der Waals surface area contributed by atoms with Crippen LogP contribution in [0.3, 0.4) is 0 Å². The molecule has 2 aliphatic heterocycles. The summed E-state index contributed by atoms with van der Waals surface area (Å²) in [5, 5.41) is 0. The van der Waals surface area contributed by atoms with Crippen LogP contribution in [0.15, 0.2) is 30.3 Å². The number of hydrogen-bond acceptors (Lipinski definition) is 3. The molecule has 1 amide bonds. The Hall–Kier alpha value is -2.75. The van der Waals surface area contributed by atoms with E-state index < -0.39 is 35.4 Å². The lowest BCUT2D eigenvalue weighted by molar-refractivity contribution is -0.143. The molecule has 4 nitrogen and oxygen atoms in total. The second kappa shape index (κ2) is 10.7. The summed E-state index contributed by atoms with van der Waals surface area (Å²) in [6.07, 6.45) is -3.85. The molecule has 5 rings (SSSR count). The maximum absolute atomic E-state index is 13.5. The molecule has 2 heterocycles. The first-order valence-corrected chi connectivity index (χ1v) is 13.4. The topological polar surface area (TPSA) is 32.8 Å². The van der Waals surface area contributed by atoms with Crippen LogP contribution in [0.2, 0.25) is 0 Å². The van der Waals surface area contributed by atoms with E-state index in [1.807, 2.05) is 6.07 Å². The Morgan fingerprint density at radius 1 is 0.897 bits per heavy atom. The Morgan fingerprint density at radius 2 is 1.51 bits per heavy atom. The molecule has 2 aromatic rings. The minimum atomic E-state index is -4.95. The van der Waals surface area contributed by atoms with Crippen LogP contribution in [0.5, 0.6) is 0 Å². The first-order chi connectivity index (χ1) is 18.4. The van der Waals surface area contributed by atoms with Crippen molar-refractivity contribution in [2.24, 2.45) is 5.92 Å². The van der Waals surface area contributed by atoms with Gasteiger partial charge in [0.15, 0.2) is 0 Å². The summed E-state index contributed by atoms with van der Waals surface area (Å²) in [7, 11) is 0. The molecule has 1 atom stereocenters. The summed E-state index contributed by atoms with van der Waals surface area (Å²) in [6, 6.07) is 5.19. The van der Waals surface area contributed by atoms with Gasteiger partial charge < -0.3 is 14.5 Å². The minimum Gasteiger partial charge on any atom is -0.372 e. The molecule has 0 spiro atoms. The fourth-order valence-corrected chi connectivity index (χ4v) is 6.29. The van der Waals surface area contributed by atoms with Crippen molar-refractivity contribution in [3.8, 4) is 0 Å². The SMILES string of the molecule is CC(=O)N(Cc1cc(C(F)(F)F)cc(C(F)(F)F)c1)C1CCCN(CC2CCCC2)c2cc3c(cc21)COC3. The molecule has 0 bridgehead atoms. The molecule has 1 unspecified atom stereocenters. The van der Waals surface area contributed by atoms with Gasteiger partial charge >= 0.3 is 12.4 Å². The maximum Gasteiger partial charge on any atom is 0.416 e. The fourth-order valence-electron chi connectivity index (χ4n) is 6.29. The molecular formula is C29H32F6N2O2. The highest BCUT2D eigenvalue weighted by atomic mass is 19.4. The first kappa shape index (κ1) is 27.8. The number of carbonyl (C=O) groups excluding carboxylic acids is 1. The van der Waals surface area contributed by atoms with E-state index >= 15 is 0 Å². The van der Waals surface area contributed by atoms with Crippen LogP contribution >= 0.6 is 0 Å². The predicted octanol–water partition coefficient (Wildman–Crippen LogP) is 7.63. The van der Waals surface area contributed by atoms with Crippen LogP contribution in [0.25, 0.3) is 0 Å². The summed E-state index contributed by atoms with van der Waals surface area (Å²) < 4.78 is 86.7. The van der Waals surface area contributed by atoms with Crippen molar-refractivity contribution in [1.29, 1.82) is 0 Å². The van der Waals surface area contributed by atoms with Crippen LogP contribution in [0.4, 0.5) is 32.0 Å². The Balaban J connectivity index is 1.54. The van der Waals surface area contributed by atoms with Gasteiger partial charge in [-0.1, -0.05) is 12.8 Å². The van der Waals surface area contributed by atoms with Gasteiger partial charge in [-0.15, -0.1) is 0 Å². The smallest absolute Gasteiger partial charge is 0.372 e. The highest BCUT2D eigenvalue weighted by molar-refractivity contribution is 5.75. The third kappa shape index (κ3) is 6.05. The van der Waals surface area contributed by atoms with E-state index in [0.29, 0.717) is 37.7 Å². The molecule has 3 aliphatic rings. The second-order valence-corrected chi connectivity index (χ2v) is 11.0. The average molecular weight is 555 g/mol. The Morgan fingerprint density at radius 3 is 2.10 bits per heavy atom. The van der Waals surface area contributed by atoms with E-state index in [1.54, 1.807) is 0 Å². The van der Waals surface area contributed by atoms with E-state index in [9.17, 15) is 31.1 Å². The van der Waals surface area contributed by atoms with E-state index in [2.05, 4.69) is 11.0 Å². The number of fused-ring (bicyclic) bond motifs is 2. The molecular weight excluding hydrogens is 522 g/mol. The lowest BCUT2D eigenvalue weighted by Gasteiger charge is -2.34. The number of nitrogens with zero attached hydrogens (tertiary/aromatic N) is 2. The molecule has 0 radical (unpaired) electrons. The van der Waals surface area contributed by atoms with Crippen molar-refractivity contribution < 1.29 is 35.9 Å². The number of anilines is 1. The number of benzene rings is 2. The van der Waals surface area contributed by atoms with Crippen LogP contribution in [-0.4, -0.2) is 23.9 Å². The number of alkyl halides is 6. The van der Waals surface area contributed by atoms with Gasteiger partial charge in [0.05, 0.1) is 30.4 Å². The normalized spacial score (nSPS) is 20.1. The third-order valence-electron chi connectivity index (χ3n) is 8.20. The zero-order valence-corrected chi connectivity index (χ0v) is 21.8. The van der Waals surface area contributed by atoms with Gasteiger partial charge in [-0.3, -0.25) is 4.79 Å². The number of halogens is 6. The highest BCUT2D eigenvalue weighted by Gasteiger charge is 2.38. The van der Waals surface area contributed by atoms with E-state index in [-0.39, 0.29) is 18.2 Å². The molecule has 0 saturated heterocycles. The summed E-state index contributed by atoms with van der Waals surface area (Å²) in [4.78, 5) is 16.8. The van der Waals surface area contributed by atoms with Gasteiger partial charge in [0.1, 0.15) is 0 Å². The zero-order valence-electron chi connectivity index (χ0n) is 21.8. The number of rotatable bonds is 5. The quantitative estimate of drug-likeness (QED) is 0.356. The zero-order chi connectivity index (χ0) is 27.9. The number of amides is 1. The van der Waals surface area contributed by atoms with Gasteiger partial charge in [0.25, 0.3) is 0 Å². The standard InChI is InChI=1S/C29H32F6N2O2/c1-18(38)37(15-20-9-23(28(30,31)32)13-24(10-20)29(33,34)35)26-7-4-8-36(14-19-5-2-3-6-19)27-12-22-17-39-16-21(22)11-25(26)27/h9-13,19,26H,2-8,14-17H2,1H3. The number of ether oxygens (including phenoxy) is 1. The first-order valence-electron chi connectivity index (χ1n) is 13.4. The molecule has 1 fully saturated rings. The number of hydrogen-bond donors (Lipinski definition) is 0. The van der Waals surface area contributed by atoms with Crippen molar-refractivity contribution in [1.82, 2.24) is 4.90 Å². The Labute approximate surface area is 223 Å². The lowest BCUT2D eigenvalue weighted by atomic mass is 9.94. The van der Waals surface area contributed by atoms with Crippen molar-refractivity contribution in [2.45, 2.75) is 83.6 Å². The van der Waals surface area contributed by atoms with Crippen molar-refractivity contribution in [2.75, 3.05) is 18.0 Å². The molecule has 0 N–H and O–H groups in total. The van der Waals surface area contributed by atoms with Crippen LogP contribution in [0.1, 0.15) is 84.9 Å². The molecule has 1 saturated carbocycles. The van der Waals surface area contributed by atoms with E-state index in [0.717, 1.165) is 41.9 Å². The number of carbonyl (C=O) groups is 1. The van der Waals surface area contributed by atoms with E-state index in [1.165, 1.54) is 37.5 Å². The lowest BCUT2D eigenvalue weighted by Crippen LogP contribution is -2.33. The monoisotopic (exact) mass is 554 g/mol. The Bertz CT molecular complexity index is 1190. The molecule has 0 aromatic heterocycles. The van der Waals surface area contributed by atoms with E-state index in [4.69, 9.17) is 4.74 Å². The second-order valence-electron chi connectivity index (χ2n) is 11.0. The minimum absolute atomic E-state index is 0.118. The predicted molar refractivity (Wildman–Crippen MR) is 134 cm³/mol. The molecule has 1 aliphatic carbocycles. The van der Waals surface area contributed by atoms with Gasteiger partial charge in [-0.25, -0.2) is 0 Å². The van der Waals surface area contributed by atoms with Crippen LogP contribution in [-0.2, 0) is 41.6 Å². The summed E-state index contributed by atoms with van der Waals surface area (Å²) in [6.45, 7) is 3.54. The molecule has 39 heavy (non-hydrogen) atoms. The molecule has 2 aromatic carbocycles. The maximum atomic E-state index is 13.5. The average Bonchev–Trinajstić information content (AvgIpc) is 3.51. The van der Waals surface area contributed by atoms with Crippen molar-refractivity contribution >= 4 is 11.6 Å². The van der Waals surface area contributed by atoms with Gasteiger partial charge in [0.2, 0.25) is 5.91 Å². The van der Waals surface area contributed by atoms with Gasteiger partial charge in [0, 0.05) is 32.2 Å². The van der Waals surface area contributed by atoms with Gasteiger partial charge in [-0.05, 0) is 84.2 Å². The Kier molecular flexibility index (Phi) is 7.61. The van der Waals surface area contributed by atoms with Crippen molar-refractivity contribution in [3.63, 3.8) is 0 Å². The van der Waals surface area contributed by atoms with Crippen LogP contribution < -0.4 is 4.90 Å². The van der Waals surface area contributed by atoms with Gasteiger partial charge in [-0.2, -0.15) is 26.3 Å². The fraction of sp³-hybridized carbons (Fsp3) is 0.552. The summed E-state index contributed by atoms with van der Waals surface area (Å²) in [5.41, 5.74) is 0.985. The summed E-state index contributed by atoms with van der Waals surface area (Å²) in [5.74, 6) is 0.173. The van der Waals surface area contributed by atoms with Crippen molar-refractivity contribution in [3.05, 3.63) is 63.7 Å². The van der Waals surface area contributed by atoms with Crippen LogP contribution in [0, 0.1) is 5.92 Å².